The molecule has 3 aromatic rings. The topological polar surface area (TPSA) is 82.6 Å². The second kappa shape index (κ2) is 11.6. The van der Waals surface area contributed by atoms with E-state index in [1.807, 2.05) is 18.2 Å². The number of aromatic nitrogens is 1. The Kier molecular flexibility index (Phi) is 8.27. The first-order valence-corrected chi connectivity index (χ1v) is 12.3. The third-order valence-electron chi connectivity index (χ3n) is 5.93. The molecular weight excluding hydrogens is 470 g/mol. The van der Waals surface area contributed by atoms with Gasteiger partial charge >= 0.3 is 0 Å². The van der Waals surface area contributed by atoms with Crippen LogP contribution in [0.25, 0.3) is 10.2 Å². The third kappa shape index (κ3) is 5.61. The molecule has 0 aliphatic carbocycles. The Morgan fingerprint density at radius 1 is 1.03 bits per heavy atom. The Labute approximate surface area is 209 Å². The van der Waals surface area contributed by atoms with E-state index in [1.54, 1.807) is 24.1 Å². The van der Waals surface area contributed by atoms with Gasteiger partial charge in [-0.2, -0.15) is 0 Å². The largest absolute Gasteiger partial charge is 0.497 e. The van der Waals surface area contributed by atoms with Crippen molar-refractivity contribution in [3.63, 3.8) is 0 Å². The van der Waals surface area contributed by atoms with Crippen molar-refractivity contribution in [3.8, 4) is 23.0 Å². The van der Waals surface area contributed by atoms with E-state index in [1.165, 1.54) is 32.7 Å². The maximum absolute atomic E-state index is 13.8. The summed E-state index contributed by atoms with van der Waals surface area (Å²) in [6, 6.07) is 9.07. The summed E-state index contributed by atoms with van der Waals surface area (Å²) in [6.45, 7) is 4.69. The highest BCUT2D eigenvalue weighted by molar-refractivity contribution is 7.22. The van der Waals surface area contributed by atoms with Crippen molar-refractivity contribution in [3.05, 3.63) is 35.9 Å². The average molecular weight is 502 g/mol. The predicted octanol–water partition coefficient (Wildman–Crippen LogP) is 3.70. The van der Waals surface area contributed by atoms with E-state index in [0.29, 0.717) is 34.5 Å². The van der Waals surface area contributed by atoms with E-state index >= 15 is 0 Å². The Bertz CT molecular complexity index is 1140. The second-order valence-corrected chi connectivity index (χ2v) is 9.02. The predicted molar refractivity (Wildman–Crippen MR) is 136 cm³/mol. The highest BCUT2D eigenvalue weighted by Crippen LogP contribution is 2.39. The molecule has 0 unspecified atom stereocenters. The van der Waals surface area contributed by atoms with Crippen molar-refractivity contribution in [2.24, 2.45) is 0 Å². The van der Waals surface area contributed by atoms with E-state index in [2.05, 4.69) is 4.90 Å². The van der Waals surface area contributed by atoms with Gasteiger partial charge in [-0.25, -0.2) is 4.98 Å². The summed E-state index contributed by atoms with van der Waals surface area (Å²) < 4.78 is 28.1. The molecule has 10 heteroatoms. The fraction of sp³-hybridized carbons (Fsp3) is 0.440. The third-order valence-corrected chi connectivity index (χ3v) is 6.97. The normalized spacial score (nSPS) is 14.1. The van der Waals surface area contributed by atoms with E-state index in [0.717, 1.165) is 55.2 Å². The van der Waals surface area contributed by atoms with Gasteiger partial charge in [0.2, 0.25) is 5.75 Å². The molecule has 2 aromatic carbocycles. The van der Waals surface area contributed by atoms with Crippen LogP contribution in [0.3, 0.4) is 0 Å². The molecule has 2 heterocycles. The van der Waals surface area contributed by atoms with Crippen LogP contribution in [-0.4, -0.2) is 83.6 Å². The Morgan fingerprint density at radius 3 is 2.37 bits per heavy atom. The van der Waals surface area contributed by atoms with Crippen LogP contribution >= 0.6 is 11.3 Å². The molecule has 188 valence electrons. The number of anilines is 1. The summed E-state index contributed by atoms with van der Waals surface area (Å²) >= 11 is 1.46. The number of carbonyl (C=O) groups is 1. The molecule has 1 aromatic heterocycles. The van der Waals surface area contributed by atoms with Gasteiger partial charge in [-0.3, -0.25) is 14.6 Å². The first-order chi connectivity index (χ1) is 17.1. The minimum absolute atomic E-state index is 0.183. The first kappa shape index (κ1) is 25.0. The van der Waals surface area contributed by atoms with Crippen LogP contribution in [0.5, 0.6) is 23.0 Å². The molecule has 1 saturated heterocycles. The van der Waals surface area contributed by atoms with Crippen molar-refractivity contribution in [1.82, 2.24) is 9.88 Å². The van der Waals surface area contributed by atoms with Gasteiger partial charge in [0.15, 0.2) is 16.6 Å². The zero-order chi connectivity index (χ0) is 24.8. The van der Waals surface area contributed by atoms with E-state index < -0.39 is 0 Å². The lowest BCUT2D eigenvalue weighted by Gasteiger charge is -2.28. The number of hydrogen-bond acceptors (Lipinski definition) is 9. The number of amides is 1. The fourth-order valence-electron chi connectivity index (χ4n) is 4.06. The molecule has 1 aliphatic heterocycles. The van der Waals surface area contributed by atoms with Crippen LogP contribution in [0.2, 0.25) is 0 Å². The van der Waals surface area contributed by atoms with Crippen LogP contribution in [-0.2, 0) is 4.74 Å². The number of nitrogens with zero attached hydrogens (tertiary/aromatic N) is 3. The van der Waals surface area contributed by atoms with Gasteiger partial charge in [0.25, 0.3) is 5.91 Å². The zero-order valence-corrected chi connectivity index (χ0v) is 21.4. The maximum atomic E-state index is 13.8. The zero-order valence-electron chi connectivity index (χ0n) is 20.5. The molecule has 0 bridgehead atoms. The van der Waals surface area contributed by atoms with Gasteiger partial charge in [-0.15, -0.1) is 0 Å². The number of hydrogen-bond donors (Lipinski definition) is 0. The summed E-state index contributed by atoms with van der Waals surface area (Å²) in [6.07, 6.45) is 0.801. The quantitative estimate of drug-likeness (QED) is 0.416. The van der Waals surface area contributed by atoms with E-state index in [9.17, 15) is 4.79 Å². The lowest BCUT2D eigenvalue weighted by Crippen LogP contribution is -2.39. The first-order valence-electron chi connectivity index (χ1n) is 11.4. The van der Waals surface area contributed by atoms with Crippen LogP contribution in [0.4, 0.5) is 5.13 Å². The molecule has 0 saturated carbocycles. The molecule has 0 radical (unpaired) electrons. The van der Waals surface area contributed by atoms with Crippen molar-refractivity contribution < 1.29 is 28.5 Å². The van der Waals surface area contributed by atoms with Crippen molar-refractivity contribution in [2.75, 3.05) is 72.7 Å². The molecule has 1 amide bonds. The summed E-state index contributed by atoms with van der Waals surface area (Å²) in [5, 5.41) is 0.633. The number of methoxy groups -OCH3 is 4. The number of rotatable bonds is 10. The van der Waals surface area contributed by atoms with Crippen LogP contribution in [0.15, 0.2) is 30.3 Å². The molecule has 1 fully saturated rings. The van der Waals surface area contributed by atoms with Crippen molar-refractivity contribution in [2.45, 2.75) is 6.42 Å². The van der Waals surface area contributed by atoms with Crippen molar-refractivity contribution in [1.29, 1.82) is 0 Å². The molecule has 0 spiro atoms. The number of fused-ring (bicyclic) bond motifs is 1. The molecule has 1 aliphatic rings. The monoisotopic (exact) mass is 501 g/mol. The minimum Gasteiger partial charge on any atom is -0.497 e. The van der Waals surface area contributed by atoms with Crippen LogP contribution < -0.4 is 23.8 Å². The molecular formula is C25H31N3O6S. The Morgan fingerprint density at radius 2 is 1.74 bits per heavy atom. The van der Waals surface area contributed by atoms with Gasteiger partial charge < -0.3 is 23.7 Å². The summed E-state index contributed by atoms with van der Waals surface area (Å²) in [5.74, 6) is 1.87. The van der Waals surface area contributed by atoms with Crippen LogP contribution in [0, 0.1) is 0 Å². The lowest BCUT2D eigenvalue weighted by atomic mass is 10.1. The van der Waals surface area contributed by atoms with E-state index in [-0.39, 0.29) is 5.91 Å². The molecule has 0 N–H and O–H groups in total. The van der Waals surface area contributed by atoms with E-state index in [4.69, 9.17) is 28.7 Å². The Balaban J connectivity index is 1.66. The summed E-state index contributed by atoms with van der Waals surface area (Å²) in [5.41, 5.74) is 1.25. The minimum atomic E-state index is -0.183. The summed E-state index contributed by atoms with van der Waals surface area (Å²) in [7, 11) is 6.24. The highest BCUT2D eigenvalue weighted by atomic mass is 32.1. The smallest absolute Gasteiger partial charge is 0.260 e. The molecule has 4 rings (SSSR count). The molecule has 9 nitrogen and oxygen atoms in total. The number of morpholine rings is 1. The van der Waals surface area contributed by atoms with Gasteiger partial charge in [0.05, 0.1) is 51.9 Å². The van der Waals surface area contributed by atoms with Crippen LogP contribution in [0.1, 0.15) is 16.8 Å². The lowest BCUT2D eigenvalue weighted by molar-refractivity contribution is 0.0376. The molecule has 0 atom stereocenters. The highest BCUT2D eigenvalue weighted by Gasteiger charge is 2.25. The second-order valence-electron chi connectivity index (χ2n) is 8.01. The number of thiazole rings is 1. The Hall–Kier alpha value is -3.08. The van der Waals surface area contributed by atoms with Gasteiger partial charge in [-0.05, 0) is 36.8 Å². The van der Waals surface area contributed by atoms with Gasteiger partial charge in [-0.1, -0.05) is 11.3 Å². The molecule has 35 heavy (non-hydrogen) atoms. The standard InChI is InChI=1S/C25H31N3O6S/c1-30-18-6-7-19-22(16-18)35-25(26-19)28(9-5-8-27-10-12-34-13-11-27)24(29)17-14-20(31-2)23(33-4)21(15-17)32-3/h6-7,14-16H,5,8-13H2,1-4H3. The number of benzene rings is 2. The van der Waals surface area contributed by atoms with Gasteiger partial charge in [0.1, 0.15) is 5.75 Å². The van der Waals surface area contributed by atoms with Gasteiger partial charge in [0, 0.05) is 31.7 Å². The number of ether oxygens (including phenoxy) is 5. The maximum Gasteiger partial charge on any atom is 0.260 e. The average Bonchev–Trinajstić information content (AvgIpc) is 3.33. The SMILES string of the molecule is COc1ccc2nc(N(CCCN3CCOCC3)C(=O)c3cc(OC)c(OC)c(OC)c3)sc2c1. The summed E-state index contributed by atoms with van der Waals surface area (Å²) in [4.78, 5) is 22.7. The number of carbonyl (C=O) groups excluding carboxylic acids is 1. The van der Waals surface area contributed by atoms with Crippen molar-refractivity contribution >= 4 is 32.6 Å². The fourth-order valence-corrected chi connectivity index (χ4v) is 5.08.